The molecule has 13 heteroatoms. The molecule has 1 atom stereocenters. The Hall–Kier alpha value is -2.12. The van der Waals surface area contributed by atoms with Gasteiger partial charge in [0.2, 0.25) is 0 Å². The molecule has 1 aromatic carbocycles. The van der Waals surface area contributed by atoms with Crippen LogP contribution in [0.25, 0.3) is 11.3 Å². The topological polar surface area (TPSA) is 120 Å². The largest absolute Gasteiger partial charge is 0.434 e. The van der Waals surface area contributed by atoms with Crippen molar-refractivity contribution < 1.29 is 33.4 Å². The first-order chi connectivity index (χ1) is 14.4. The normalized spacial score (nSPS) is 12.9. The number of halogens is 3. The van der Waals surface area contributed by atoms with Crippen molar-refractivity contribution in [1.29, 1.82) is 0 Å². The standard InChI is InChI=1S/C18H24ClF2N3O6Si/c1-31(2,3)5-4-29-10-23-17(14(8-22-23)24(27)28)12-6-13(19)11(15(26)9-25)7-16(12)30-18(20)21/h6-8,15,18,25-26H,4-5,9-10H2,1-3H3. The van der Waals surface area contributed by atoms with E-state index in [2.05, 4.69) is 29.5 Å². The van der Waals surface area contributed by atoms with Crippen LogP contribution in [-0.4, -0.2) is 52.8 Å². The van der Waals surface area contributed by atoms with Gasteiger partial charge >= 0.3 is 12.3 Å². The molecule has 0 fully saturated rings. The van der Waals surface area contributed by atoms with E-state index in [1.807, 2.05) is 0 Å². The second kappa shape index (κ2) is 10.5. The van der Waals surface area contributed by atoms with E-state index in [1.165, 1.54) is 0 Å². The van der Waals surface area contributed by atoms with Gasteiger partial charge in [0.15, 0.2) is 5.69 Å². The first kappa shape index (κ1) is 25.1. The average molecular weight is 480 g/mol. The van der Waals surface area contributed by atoms with Gasteiger partial charge < -0.3 is 19.7 Å². The second-order valence-electron chi connectivity index (χ2n) is 7.93. The van der Waals surface area contributed by atoms with E-state index in [-0.39, 0.29) is 28.6 Å². The number of alkyl halides is 2. The van der Waals surface area contributed by atoms with Gasteiger partial charge in [-0.1, -0.05) is 31.2 Å². The highest BCUT2D eigenvalue weighted by molar-refractivity contribution is 6.76. The van der Waals surface area contributed by atoms with E-state index in [0.29, 0.717) is 6.61 Å². The minimum absolute atomic E-state index is 0.0660. The van der Waals surface area contributed by atoms with Gasteiger partial charge in [-0.3, -0.25) is 10.1 Å². The number of hydrogen-bond donors (Lipinski definition) is 2. The molecule has 0 bridgehead atoms. The molecule has 9 nitrogen and oxygen atoms in total. The van der Waals surface area contributed by atoms with Crippen molar-refractivity contribution in [3.05, 3.63) is 39.0 Å². The molecule has 0 aliphatic carbocycles. The highest BCUT2D eigenvalue weighted by Gasteiger charge is 2.28. The SMILES string of the molecule is C[Si](C)(C)CCOCn1ncc([N+](=O)[O-])c1-c1cc(Cl)c(C(O)CO)cc1OC(F)F. The van der Waals surface area contributed by atoms with Gasteiger partial charge in [-0.25, -0.2) is 4.68 Å². The zero-order valence-electron chi connectivity index (χ0n) is 17.2. The van der Waals surface area contributed by atoms with Crippen LogP contribution >= 0.6 is 11.6 Å². The summed E-state index contributed by atoms with van der Waals surface area (Å²) in [6.45, 7) is 2.79. The number of aliphatic hydroxyl groups excluding tert-OH is 2. The highest BCUT2D eigenvalue weighted by atomic mass is 35.5. The molecule has 1 aromatic heterocycles. The molecule has 0 amide bonds. The molecule has 1 unspecified atom stereocenters. The summed E-state index contributed by atoms with van der Waals surface area (Å²) < 4.78 is 37.4. The van der Waals surface area contributed by atoms with Crippen LogP contribution in [0.1, 0.15) is 11.7 Å². The molecule has 172 valence electrons. The molecule has 2 aromatic rings. The van der Waals surface area contributed by atoms with Gasteiger partial charge in [-0.05, 0) is 18.2 Å². The van der Waals surface area contributed by atoms with Crippen molar-refractivity contribution in [2.24, 2.45) is 0 Å². The molecule has 31 heavy (non-hydrogen) atoms. The molecule has 0 saturated carbocycles. The lowest BCUT2D eigenvalue weighted by atomic mass is 10.0. The molecule has 1 heterocycles. The van der Waals surface area contributed by atoms with Gasteiger partial charge in [0, 0.05) is 25.3 Å². The Labute approximate surface area is 183 Å². The van der Waals surface area contributed by atoms with Crippen molar-refractivity contribution >= 4 is 25.4 Å². The number of aliphatic hydroxyl groups is 2. The average Bonchev–Trinajstić information content (AvgIpc) is 3.08. The van der Waals surface area contributed by atoms with Crippen molar-refractivity contribution in [1.82, 2.24) is 9.78 Å². The van der Waals surface area contributed by atoms with E-state index in [9.17, 15) is 24.0 Å². The second-order valence-corrected chi connectivity index (χ2v) is 14.0. The summed E-state index contributed by atoms with van der Waals surface area (Å²) >= 11 is 6.15. The van der Waals surface area contributed by atoms with E-state index in [4.69, 9.17) is 21.4 Å². The first-order valence-corrected chi connectivity index (χ1v) is 13.4. The van der Waals surface area contributed by atoms with Crippen LogP contribution in [0.4, 0.5) is 14.5 Å². The molecule has 0 saturated heterocycles. The third kappa shape index (κ3) is 6.68. The number of ether oxygens (including phenoxy) is 2. The van der Waals surface area contributed by atoms with Crippen LogP contribution in [-0.2, 0) is 11.5 Å². The Kier molecular flexibility index (Phi) is 8.48. The summed E-state index contributed by atoms with van der Waals surface area (Å²) in [6.07, 6.45) is -0.473. The summed E-state index contributed by atoms with van der Waals surface area (Å²) in [5.74, 6) is -0.464. The summed E-state index contributed by atoms with van der Waals surface area (Å²) in [4.78, 5) is 10.8. The summed E-state index contributed by atoms with van der Waals surface area (Å²) in [5, 5.41) is 34.4. The summed E-state index contributed by atoms with van der Waals surface area (Å²) in [5.41, 5.74) is -0.791. The van der Waals surface area contributed by atoms with Gasteiger partial charge in [0.25, 0.3) is 0 Å². The van der Waals surface area contributed by atoms with Gasteiger partial charge in [0.05, 0.1) is 17.1 Å². The predicted molar refractivity (Wildman–Crippen MR) is 112 cm³/mol. The predicted octanol–water partition coefficient (Wildman–Crippen LogP) is 4.05. The summed E-state index contributed by atoms with van der Waals surface area (Å²) in [7, 11) is -1.37. The third-order valence-electron chi connectivity index (χ3n) is 4.33. The van der Waals surface area contributed by atoms with Crippen molar-refractivity contribution in [3.8, 4) is 17.0 Å². The van der Waals surface area contributed by atoms with Gasteiger partial charge in [0.1, 0.15) is 24.8 Å². The van der Waals surface area contributed by atoms with Crippen LogP contribution in [0.15, 0.2) is 18.3 Å². The quantitative estimate of drug-likeness (QED) is 0.216. The number of nitrogens with zero attached hydrogens (tertiary/aromatic N) is 3. The maximum Gasteiger partial charge on any atom is 0.387 e. The molecular formula is C18H24ClF2N3O6Si. The van der Waals surface area contributed by atoms with E-state index < -0.39 is 43.8 Å². The van der Waals surface area contributed by atoms with E-state index >= 15 is 0 Å². The van der Waals surface area contributed by atoms with Gasteiger partial charge in [-0.2, -0.15) is 13.9 Å². The van der Waals surface area contributed by atoms with E-state index in [0.717, 1.165) is 29.1 Å². The lowest BCUT2D eigenvalue weighted by Crippen LogP contribution is -2.22. The van der Waals surface area contributed by atoms with Crippen LogP contribution in [0.5, 0.6) is 5.75 Å². The Morgan fingerprint density at radius 3 is 2.58 bits per heavy atom. The smallest absolute Gasteiger partial charge is 0.387 e. The number of aromatic nitrogens is 2. The lowest BCUT2D eigenvalue weighted by Gasteiger charge is -2.18. The molecule has 2 rings (SSSR count). The molecule has 0 radical (unpaired) electrons. The highest BCUT2D eigenvalue weighted by Crippen LogP contribution is 2.41. The van der Waals surface area contributed by atoms with Crippen LogP contribution in [0, 0.1) is 10.1 Å². The first-order valence-electron chi connectivity index (χ1n) is 9.30. The van der Waals surface area contributed by atoms with Crippen LogP contribution in [0.3, 0.4) is 0 Å². The van der Waals surface area contributed by atoms with E-state index in [1.54, 1.807) is 0 Å². The molecule has 0 spiro atoms. The lowest BCUT2D eigenvalue weighted by molar-refractivity contribution is -0.384. The zero-order chi connectivity index (χ0) is 23.3. The molecule has 0 aliphatic rings. The van der Waals surface area contributed by atoms with Crippen molar-refractivity contribution in [3.63, 3.8) is 0 Å². The fraction of sp³-hybridized carbons (Fsp3) is 0.500. The Morgan fingerprint density at radius 1 is 1.35 bits per heavy atom. The van der Waals surface area contributed by atoms with Crippen molar-refractivity contribution in [2.45, 2.75) is 45.1 Å². The number of nitro groups is 1. The molecule has 2 N–H and O–H groups in total. The number of rotatable bonds is 11. The van der Waals surface area contributed by atoms with Crippen LogP contribution < -0.4 is 4.74 Å². The zero-order valence-corrected chi connectivity index (χ0v) is 19.0. The Balaban J connectivity index is 2.53. The minimum Gasteiger partial charge on any atom is -0.434 e. The summed E-state index contributed by atoms with van der Waals surface area (Å²) in [6, 6.07) is 3.01. The third-order valence-corrected chi connectivity index (χ3v) is 6.36. The molecule has 0 aliphatic heterocycles. The van der Waals surface area contributed by atoms with Crippen molar-refractivity contribution in [2.75, 3.05) is 13.2 Å². The van der Waals surface area contributed by atoms with Gasteiger partial charge in [-0.15, -0.1) is 0 Å². The maximum absolute atomic E-state index is 13.0. The Morgan fingerprint density at radius 2 is 2.03 bits per heavy atom. The number of hydrogen-bond acceptors (Lipinski definition) is 7. The fourth-order valence-electron chi connectivity index (χ4n) is 2.71. The van der Waals surface area contributed by atoms with Crippen LogP contribution in [0.2, 0.25) is 30.7 Å². The molecular weight excluding hydrogens is 456 g/mol. The maximum atomic E-state index is 13.0. The number of benzene rings is 1. The monoisotopic (exact) mass is 479 g/mol. The Bertz CT molecular complexity index is 922. The fourth-order valence-corrected chi connectivity index (χ4v) is 3.76. The minimum atomic E-state index is -3.25.